The molecule has 4 heterocycles. The highest BCUT2D eigenvalue weighted by Crippen LogP contribution is 2.21. The van der Waals surface area contributed by atoms with Gasteiger partial charge in [-0.1, -0.05) is 18.2 Å². The molecule has 1 amide bonds. The number of nitrogens with zero attached hydrogens (tertiary/aromatic N) is 8. The average molecular weight is 458 g/mol. The summed E-state index contributed by atoms with van der Waals surface area (Å²) in [5.74, 6) is 1.68. The van der Waals surface area contributed by atoms with Crippen molar-refractivity contribution < 1.29 is 4.79 Å². The van der Waals surface area contributed by atoms with E-state index in [1.54, 1.807) is 10.6 Å². The fraction of sp³-hybridized carbons (Fsp3) is 0.333. The Bertz CT molecular complexity index is 1290. The van der Waals surface area contributed by atoms with Gasteiger partial charge in [-0.05, 0) is 25.6 Å². The van der Waals surface area contributed by atoms with Gasteiger partial charge in [-0.2, -0.15) is 0 Å². The van der Waals surface area contributed by atoms with Crippen molar-refractivity contribution in [1.82, 2.24) is 39.8 Å². The summed E-state index contributed by atoms with van der Waals surface area (Å²) in [6.07, 6.45) is 7.59. The highest BCUT2D eigenvalue weighted by molar-refractivity contribution is 5.93. The van der Waals surface area contributed by atoms with Crippen molar-refractivity contribution in [3.8, 4) is 11.4 Å². The van der Waals surface area contributed by atoms with Crippen LogP contribution in [0, 0.1) is 0 Å². The fourth-order valence-electron chi connectivity index (χ4n) is 4.04. The second kappa shape index (κ2) is 9.52. The number of carbonyl (C=O) groups excluding carboxylic acids is 1. The molecular weight excluding hydrogens is 430 g/mol. The van der Waals surface area contributed by atoms with Gasteiger partial charge in [0.15, 0.2) is 5.82 Å². The van der Waals surface area contributed by atoms with E-state index in [2.05, 4.69) is 53.4 Å². The van der Waals surface area contributed by atoms with E-state index >= 15 is 0 Å². The predicted molar refractivity (Wildman–Crippen MR) is 129 cm³/mol. The molecule has 0 saturated carbocycles. The van der Waals surface area contributed by atoms with Crippen LogP contribution < -0.4 is 10.2 Å². The molecule has 1 saturated heterocycles. The maximum absolute atomic E-state index is 12.2. The number of hydrogen-bond acceptors (Lipinski definition) is 8. The quantitative estimate of drug-likeness (QED) is 0.466. The number of rotatable bonds is 6. The molecule has 5 rings (SSSR count). The maximum atomic E-state index is 12.2. The molecule has 1 N–H and O–H groups in total. The molecule has 10 heteroatoms. The lowest BCUT2D eigenvalue weighted by molar-refractivity contribution is 0.0955. The van der Waals surface area contributed by atoms with Crippen molar-refractivity contribution >= 4 is 17.4 Å². The SMILES string of the molecule is CCNC(=O)c1cnc2nnc(Cc3cccc(-c4ncc(N5CCN(C)CC5)cn4)c3)n2c1. The number of anilines is 1. The average Bonchev–Trinajstić information content (AvgIpc) is 3.27. The van der Waals surface area contributed by atoms with Crippen molar-refractivity contribution in [3.63, 3.8) is 0 Å². The summed E-state index contributed by atoms with van der Waals surface area (Å²) < 4.78 is 1.76. The number of nitrogens with one attached hydrogen (secondary N) is 1. The predicted octanol–water partition coefficient (Wildman–Crippen LogP) is 1.67. The van der Waals surface area contributed by atoms with Crippen LogP contribution in [0.5, 0.6) is 0 Å². The largest absolute Gasteiger partial charge is 0.366 e. The molecule has 174 valence electrons. The zero-order valence-corrected chi connectivity index (χ0v) is 19.3. The van der Waals surface area contributed by atoms with E-state index in [0.717, 1.165) is 43.0 Å². The number of hydrogen-bond donors (Lipinski definition) is 1. The van der Waals surface area contributed by atoms with Crippen LogP contribution in [-0.2, 0) is 6.42 Å². The van der Waals surface area contributed by atoms with Crippen LogP contribution in [0.25, 0.3) is 17.2 Å². The summed E-state index contributed by atoms with van der Waals surface area (Å²) in [6.45, 7) is 6.49. The lowest BCUT2D eigenvalue weighted by Crippen LogP contribution is -2.44. The third kappa shape index (κ3) is 4.58. The zero-order valence-electron chi connectivity index (χ0n) is 19.3. The van der Waals surface area contributed by atoms with Crippen molar-refractivity contribution in [2.45, 2.75) is 13.3 Å². The normalized spacial score (nSPS) is 14.5. The van der Waals surface area contributed by atoms with Gasteiger partial charge in [0.05, 0.1) is 23.6 Å². The van der Waals surface area contributed by atoms with Gasteiger partial charge >= 0.3 is 0 Å². The molecule has 1 fully saturated rings. The van der Waals surface area contributed by atoms with E-state index in [-0.39, 0.29) is 5.91 Å². The molecule has 0 bridgehead atoms. The van der Waals surface area contributed by atoms with Gasteiger partial charge in [-0.25, -0.2) is 15.0 Å². The smallest absolute Gasteiger partial charge is 0.255 e. The van der Waals surface area contributed by atoms with Gasteiger partial charge < -0.3 is 15.1 Å². The monoisotopic (exact) mass is 457 g/mol. The van der Waals surface area contributed by atoms with Gasteiger partial charge in [0.2, 0.25) is 0 Å². The lowest BCUT2D eigenvalue weighted by Gasteiger charge is -2.33. The molecule has 3 aromatic heterocycles. The molecule has 0 atom stereocenters. The highest BCUT2D eigenvalue weighted by atomic mass is 16.1. The Morgan fingerprint density at radius 1 is 1.03 bits per heavy atom. The molecule has 4 aromatic rings. The van der Waals surface area contributed by atoms with E-state index in [1.807, 2.05) is 37.5 Å². The number of piperazine rings is 1. The van der Waals surface area contributed by atoms with Crippen molar-refractivity contribution in [1.29, 1.82) is 0 Å². The Hall–Kier alpha value is -3.92. The number of carbonyl (C=O) groups is 1. The number of aromatic nitrogens is 6. The van der Waals surface area contributed by atoms with E-state index in [4.69, 9.17) is 0 Å². The molecule has 1 aromatic carbocycles. The highest BCUT2D eigenvalue weighted by Gasteiger charge is 2.16. The van der Waals surface area contributed by atoms with Crippen molar-refractivity contribution in [3.05, 3.63) is 66.0 Å². The van der Waals surface area contributed by atoms with E-state index < -0.39 is 0 Å². The van der Waals surface area contributed by atoms with Crippen LogP contribution in [0.2, 0.25) is 0 Å². The molecule has 34 heavy (non-hydrogen) atoms. The second-order valence-electron chi connectivity index (χ2n) is 8.42. The molecule has 1 aliphatic rings. The topological polar surface area (TPSA) is 104 Å². The standard InChI is InChI=1S/C24H27N9O/c1-3-25-23(34)19-13-28-24-30-29-21(33(24)16-19)12-17-5-4-6-18(11-17)22-26-14-20(15-27-22)32-9-7-31(2)8-10-32/h4-6,11,13-16H,3,7-10,12H2,1-2H3,(H,25,34). The van der Waals surface area contributed by atoms with Crippen molar-refractivity contribution in [2.75, 3.05) is 44.7 Å². The van der Waals surface area contributed by atoms with Gasteiger partial charge in [-0.3, -0.25) is 9.20 Å². The van der Waals surface area contributed by atoms with Gasteiger partial charge in [0.25, 0.3) is 11.7 Å². The number of fused-ring (bicyclic) bond motifs is 1. The summed E-state index contributed by atoms with van der Waals surface area (Å²) in [4.78, 5) is 30.4. The number of likely N-dealkylation sites (N-methyl/N-ethyl adjacent to an activating group) is 1. The third-order valence-corrected chi connectivity index (χ3v) is 5.99. The molecule has 0 spiro atoms. The van der Waals surface area contributed by atoms with Crippen LogP contribution in [-0.4, -0.2) is 80.1 Å². The van der Waals surface area contributed by atoms with E-state index in [0.29, 0.717) is 36.0 Å². The first-order valence-electron chi connectivity index (χ1n) is 11.4. The summed E-state index contributed by atoms with van der Waals surface area (Å²) in [7, 11) is 2.14. The van der Waals surface area contributed by atoms with Crippen molar-refractivity contribution in [2.24, 2.45) is 0 Å². The van der Waals surface area contributed by atoms with Crippen LogP contribution in [0.4, 0.5) is 5.69 Å². The Labute approximate surface area is 197 Å². The van der Waals surface area contributed by atoms with Gasteiger partial charge in [0, 0.05) is 57.1 Å². The first kappa shape index (κ1) is 21.9. The first-order chi connectivity index (χ1) is 16.6. The zero-order chi connectivity index (χ0) is 23.5. The summed E-state index contributed by atoms with van der Waals surface area (Å²) in [5, 5.41) is 11.2. The number of benzene rings is 1. The number of amides is 1. The first-order valence-corrected chi connectivity index (χ1v) is 11.4. The molecule has 0 aliphatic carbocycles. The molecule has 1 aliphatic heterocycles. The van der Waals surface area contributed by atoms with Crippen LogP contribution in [0.1, 0.15) is 28.7 Å². The van der Waals surface area contributed by atoms with E-state index in [9.17, 15) is 4.79 Å². The molecule has 0 radical (unpaired) electrons. The van der Waals surface area contributed by atoms with Gasteiger partial charge in [0.1, 0.15) is 5.82 Å². The Kier molecular flexibility index (Phi) is 6.13. The van der Waals surface area contributed by atoms with Crippen LogP contribution in [0.3, 0.4) is 0 Å². The molecular formula is C24H27N9O. The summed E-state index contributed by atoms with van der Waals surface area (Å²) >= 11 is 0. The molecule has 10 nitrogen and oxygen atoms in total. The summed E-state index contributed by atoms with van der Waals surface area (Å²) in [5.41, 5.74) is 3.51. The lowest BCUT2D eigenvalue weighted by atomic mass is 10.1. The minimum absolute atomic E-state index is 0.171. The van der Waals surface area contributed by atoms with Crippen LogP contribution in [0.15, 0.2) is 49.1 Å². The Balaban J connectivity index is 1.35. The maximum Gasteiger partial charge on any atom is 0.255 e. The van der Waals surface area contributed by atoms with Gasteiger partial charge in [-0.15, -0.1) is 10.2 Å². The Morgan fingerprint density at radius 3 is 2.59 bits per heavy atom. The van der Waals surface area contributed by atoms with E-state index in [1.165, 1.54) is 6.20 Å². The third-order valence-electron chi connectivity index (χ3n) is 5.99. The minimum Gasteiger partial charge on any atom is -0.366 e. The molecule has 0 unspecified atom stereocenters. The fourth-order valence-corrected chi connectivity index (χ4v) is 4.04. The minimum atomic E-state index is -0.171. The second-order valence-corrected chi connectivity index (χ2v) is 8.42. The summed E-state index contributed by atoms with van der Waals surface area (Å²) in [6, 6.07) is 8.09. The van der Waals surface area contributed by atoms with Crippen LogP contribution >= 0.6 is 0 Å². The Morgan fingerprint density at radius 2 is 1.82 bits per heavy atom.